The van der Waals surface area contributed by atoms with Gasteiger partial charge >= 0.3 is 0 Å². The number of rotatable bonds is 5. The standard InChI is InChI=1S/C22H23NO3/c1-5-16-6-8-17(9-7-16)23-22(24)10-14(2)18-11-19-15(3)13-26-21(19)12-20(18)25-4/h6-13H,5H2,1-4H3,(H,23,24)/b14-10+. The third-order valence-corrected chi connectivity index (χ3v) is 4.49. The summed E-state index contributed by atoms with van der Waals surface area (Å²) in [6, 6.07) is 11.7. The number of aryl methyl sites for hydroxylation is 2. The molecule has 134 valence electrons. The molecule has 1 amide bonds. The summed E-state index contributed by atoms with van der Waals surface area (Å²) in [5.74, 6) is 0.513. The first-order valence-corrected chi connectivity index (χ1v) is 8.66. The largest absolute Gasteiger partial charge is 0.496 e. The molecule has 0 spiro atoms. The van der Waals surface area contributed by atoms with Crippen molar-refractivity contribution in [3.05, 3.63) is 65.4 Å². The van der Waals surface area contributed by atoms with Crippen molar-refractivity contribution in [1.29, 1.82) is 0 Å². The van der Waals surface area contributed by atoms with Crippen LogP contribution in [0, 0.1) is 6.92 Å². The second-order valence-electron chi connectivity index (χ2n) is 6.33. The fourth-order valence-corrected chi connectivity index (χ4v) is 2.94. The lowest BCUT2D eigenvalue weighted by Gasteiger charge is -2.10. The van der Waals surface area contributed by atoms with E-state index in [9.17, 15) is 4.79 Å². The number of fused-ring (bicyclic) bond motifs is 1. The highest BCUT2D eigenvalue weighted by atomic mass is 16.5. The van der Waals surface area contributed by atoms with Gasteiger partial charge in [-0.3, -0.25) is 4.79 Å². The number of nitrogens with one attached hydrogen (secondary N) is 1. The molecular weight excluding hydrogens is 326 g/mol. The Morgan fingerprint density at radius 1 is 1.23 bits per heavy atom. The first-order chi connectivity index (χ1) is 12.5. The summed E-state index contributed by atoms with van der Waals surface area (Å²) in [5.41, 5.74) is 5.55. The average Bonchev–Trinajstić information content (AvgIpc) is 3.01. The van der Waals surface area contributed by atoms with Crippen molar-refractivity contribution < 1.29 is 13.9 Å². The fourth-order valence-electron chi connectivity index (χ4n) is 2.94. The van der Waals surface area contributed by atoms with E-state index >= 15 is 0 Å². The highest BCUT2D eigenvalue weighted by molar-refractivity contribution is 6.04. The van der Waals surface area contributed by atoms with Gasteiger partial charge < -0.3 is 14.5 Å². The van der Waals surface area contributed by atoms with Gasteiger partial charge in [0.25, 0.3) is 0 Å². The Hall–Kier alpha value is -3.01. The summed E-state index contributed by atoms with van der Waals surface area (Å²) in [5, 5.41) is 3.92. The highest BCUT2D eigenvalue weighted by Crippen LogP contribution is 2.33. The molecule has 26 heavy (non-hydrogen) atoms. The molecule has 1 aromatic heterocycles. The van der Waals surface area contributed by atoms with Crippen LogP contribution in [-0.2, 0) is 11.2 Å². The zero-order valence-corrected chi connectivity index (χ0v) is 15.6. The van der Waals surface area contributed by atoms with Crippen LogP contribution in [-0.4, -0.2) is 13.0 Å². The van der Waals surface area contributed by atoms with Crippen molar-refractivity contribution in [2.45, 2.75) is 27.2 Å². The molecule has 0 fully saturated rings. The molecule has 3 rings (SSSR count). The topological polar surface area (TPSA) is 51.5 Å². The Labute approximate surface area is 153 Å². The van der Waals surface area contributed by atoms with Crippen LogP contribution in [0.2, 0.25) is 0 Å². The lowest BCUT2D eigenvalue weighted by molar-refractivity contribution is -0.111. The minimum atomic E-state index is -0.169. The van der Waals surface area contributed by atoms with Gasteiger partial charge in [-0.2, -0.15) is 0 Å². The smallest absolute Gasteiger partial charge is 0.248 e. The quantitative estimate of drug-likeness (QED) is 0.631. The van der Waals surface area contributed by atoms with Crippen molar-refractivity contribution in [3.63, 3.8) is 0 Å². The molecule has 3 aromatic rings. The number of hydrogen-bond acceptors (Lipinski definition) is 3. The van der Waals surface area contributed by atoms with E-state index in [1.807, 2.05) is 50.2 Å². The molecular formula is C22H23NO3. The lowest BCUT2D eigenvalue weighted by Crippen LogP contribution is -2.08. The average molecular weight is 349 g/mol. The van der Waals surface area contributed by atoms with Crippen molar-refractivity contribution >= 4 is 28.1 Å². The van der Waals surface area contributed by atoms with Gasteiger partial charge in [-0.25, -0.2) is 0 Å². The van der Waals surface area contributed by atoms with E-state index in [4.69, 9.17) is 9.15 Å². The van der Waals surface area contributed by atoms with Crippen molar-refractivity contribution in [1.82, 2.24) is 0 Å². The summed E-state index contributed by atoms with van der Waals surface area (Å²) < 4.78 is 11.0. The SMILES string of the molecule is CCc1ccc(NC(=O)/C=C(\C)c2cc3c(C)coc3cc2OC)cc1. The van der Waals surface area contributed by atoms with Crippen LogP contribution in [0.3, 0.4) is 0 Å². The van der Waals surface area contributed by atoms with Gasteiger partial charge in [0.05, 0.1) is 13.4 Å². The molecule has 4 heteroatoms. The monoisotopic (exact) mass is 349 g/mol. The summed E-state index contributed by atoms with van der Waals surface area (Å²) in [6.45, 7) is 6.00. The van der Waals surface area contributed by atoms with E-state index in [-0.39, 0.29) is 5.91 Å². The number of anilines is 1. The molecule has 0 atom stereocenters. The minimum Gasteiger partial charge on any atom is -0.496 e. The number of amides is 1. The first-order valence-electron chi connectivity index (χ1n) is 8.66. The van der Waals surface area contributed by atoms with Crippen molar-refractivity contribution in [2.75, 3.05) is 12.4 Å². The molecule has 1 heterocycles. The molecule has 0 radical (unpaired) electrons. The molecule has 0 aliphatic rings. The molecule has 0 saturated heterocycles. The second kappa shape index (κ2) is 7.48. The number of ether oxygens (including phenoxy) is 1. The molecule has 0 unspecified atom stereocenters. The van der Waals surface area contributed by atoms with Gasteiger partial charge in [0, 0.05) is 28.8 Å². The maximum atomic E-state index is 12.4. The van der Waals surface area contributed by atoms with Gasteiger partial charge in [-0.05, 0) is 55.2 Å². The predicted octanol–water partition coefficient (Wildman–Crippen LogP) is 5.35. The summed E-state index contributed by atoms with van der Waals surface area (Å²) >= 11 is 0. The number of carbonyl (C=O) groups is 1. The van der Waals surface area contributed by atoms with Crippen LogP contribution in [0.4, 0.5) is 5.69 Å². The Balaban J connectivity index is 1.86. The Morgan fingerprint density at radius 2 is 1.96 bits per heavy atom. The number of benzene rings is 2. The fraction of sp³-hybridized carbons (Fsp3) is 0.227. The van der Waals surface area contributed by atoms with Gasteiger partial charge in [-0.1, -0.05) is 19.1 Å². The molecule has 0 aliphatic heterocycles. The molecule has 1 N–H and O–H groups in total. The highest BCUT2D eigenvalue weighted by Gasteiger charge is 2.12. The van der Waals surface area contributed by atoms with Crippen LogP contribution >= 0.6 is 0 Å². The summed E-state index contributed by atoms with van der Waals surface area (Å²) in [4.78, 5) is 12.4. The summed E-state index contributed by atoms with van der Waals surface area (Å²) in [7, 11) is 1.61. The third kappa shape index (κ3) is 3.64. The predicted molar refractivity (Wildman–Crippen MR) is 106 cm³/mol. The van der Waals surface area contributed by atoms with Crippen LogP contribution in [0.1, 0.15) is 30.5 Å². The second-order valence-corrected chi connectivity index (χ2v) is 6.33. The third-order valence-electron chi connectivity index (χ3n) is 4.49. The number of methoxy groups -OCH3 is 1. The Morgan fingerprint density at radius 3 is 2.62 bits per heavy atom. The van der Waals surface area contributed by atoms with Crippen molar-refractivity contribution in [3.8, 4) is 5.75 Å². The maximum absolute atomic E-state index is 12.4. The molecule has 4 nitrogen and oxygen atoms in total. The normalized spacial score (nSPS) is 11.6. The van der Waals surface area contributed by atoms with Crippen LogP contribution in [0.25, 0.3) is 16.5 Å². The number of furan rings is 1. The molecule has 0 saturated carbocycles. The lowest BCUT2D eigenvalue weighted by atomic mass is 10.0. The minimum absolute atomic E-state index is 0.169. The van der Waals surface area contributed by atoms with Gasteiger partial charge in [0.15, 0.2) is 0 Å². The zero-order valence-electron chi connectivity index (χ0n) is 15.6. The van der Waals surface area contributed by atoms with E-state index in [1.54, 1.807) is 19.4 Å². The van der Waals surface area contributed by atoms with E-state index in [1.165, 1.54) is 5.56 Å². The van der Waals surface area contributed by atoms with E-state index in [0.29, 0.717) is 5.75 Å². The van der Waals surface area contributed by atoms with Gasteiger partial charge in [0.2, 0.25) is 5.91 Å². The van der Waals surface area contributed by atoms with Crippen LogP contribution < -0.4 is 10.1 Å². The number of hydrogen-bond donors (Lipinski definition) is 1. The van der Waals surface area contributed by atoms with E-state index in [2.05, 4.69) is 12.2 Å². The van der Waals surface area contributed by atoms with E-state index < -0.39 is 0 Å². The molecule has 0 aliphatic carbocycles. The van der Waals surface area contributed by atoms with Crippen LogP contribution in [0.5, 0.6) is 5.75 Å². The molecule has 0 bridgehead atoms. The number of carbonyl (C=O) groups excluding carboxylic acids is 1. The molecule has 2 aromatic carbocycles. The summed E-state index contributed by atoms with van der Waals surface area (Å²) in [6.07, 6.45) is 4.29. The maximum Gasteiger partial charge on any atom is 0.248 e. The Kier molecular flexibility index (Phi) is 5.12. The van der Waals surface area contributed by atoms with E-state index in [0.717, 1.165) is 39.8 Å². The van der Waals surface area contributed by atoms with Gasteiger partial charge in [-0.15, -0.1) is 0 Å². The van der Waals surface area contributed by atoms with Crippen molar-refractivity contribution in [2.24, 2.45) is 0 Å². The number of allylic oxidation sites excluding steroid dienone is 1. The Bertz CT molecular complexity index is 965. The van der Waals surface area contributed by atoms with Crippen LogP contribution in [0.15, 0.2) is 53.2 Å². The van der Waals surface area contributed by atoms with Gasteiger partial charge in [0.1, 0.15) is 11.3 Å². The zero-order chi connectivity index (χ0) is 18.7. The first kappa shape index (κ1) is 17.8.